The molecule has 0 aliphatic heterocycles. The minimum atomic E-state index is -4.47. The Hall–Kier alpha value is -1.41. The van der Waals surface area contributed by atoms with Crippen molar-refractivity contribution in [2.75, 3.05) is 25.4 Å². The maximum Gasteiger partial charge on any atom is 0.416 e. The van der Waals surface area contributed by atoms with Crippen molar-refractivity contribution in [1.82, 2.24) is 10.6 Å². The molecule has 0 aliphatic rings. The van der Waals surface area contributed by atoms with Crippen molar-refractivity contribution in [1.29, 1.82) is 0 Å². The van der Waals surface area contributed by atoms with E-state index in [0.717, 1.165) is 6.07 Å². The SMILES string of the molecule is Nc1ccc(CNCCNCC(F)F)c(C(F)(F)F)c1. The van der Waals surface area contributed by atoms with Gasteiger partial charge in [-0.2, -0.15) is 13.2 Å². The average molecular weight is 297 g/mol. The number of nitrogen functional groups attached to an aromatic ring is 1. The second-order valence-corrected chi connectivity index (χ2v) is 4.19. The van der Waals surface area contributed by atoms with E-state index in [-0.39, 0.29) is 30.9 Å². The van der Waals surface area contributed by atoms with Gasteiger partial charge in [0.05, 0.1) is 12.1 Å². The molecule has 0 atom stereocenters. The molecule has 0 saturated heterocycles. The van der Waals surface area contributed by atoms with Gasteiger partial charge in [0.15, 0.2) is 0 Å². The van der Waals surface area contributed by atoms with Crippen LogP contribution in [0.1, 0.15) is 11.1 Å². The highest BCUT2D eigenvalue weighted by molar-refractivity contribution is 5.45. The molecule has 1 rings (SSSR count). The molecular formula is C12H16F5N3. The van der Waals surface area contributed by atoms with E-state index in [9.17, 15) is 22.0 Å². The monoisotopic (exact) mass is 297 g/mol. The zero-order valence-corrected chi connectivity index (χ0v) is 10.6. The van der Waals surface area contributed by atoms with Gasteiger partial charge in [0.25, 0.3) is 6.43 Å². The molecule has 3 nitrogen and oxygen atoms in total. The summed E-state index contributed by atoms with van der Waals surface area (Å²) in [4.78, 5) is 0. The second kappa shape index (κ2) is 7.39. The van der Waals surface area contributed by atoms with Gasteiger partial charge >= 0.3 is 6.18 Å². The molecule has 0 heterocycles. The van der Waals surface area contributed by atoms with Crippen molar-refractivity contribution < 1.29 is 22.0 Å². The molecule has 1 aromatic rings. The topological polar surface area (TPSA) is 50.1 Å². The van der Waals surface area contributed by atoms with Crippen LogP contribution in [0.3, 0.4) is 0 Å². The molecule has 0 unspecified atom stereocenters. The van der Waals surface area contributed by atoms with Gasteiger partial charge in [0.2, 0.25) is 0 Å². The number of nitrogens with two attached hydrogens (primary N) is 1. The zero-order valence-electron chi connectivity index (χ0n) is 10.6. The predicted molar refractivity (Wildman–Crippen MR) is 66.4 cm³/mol. The number of halogens is 5. The maximum atomic E-state index is 12.8. The van der Waals surface area contributed by atoms with Gasteiger partial charge in [-0.05, 0) is 17.7 Å². The number of hydrogen-bond donors (Lipinski definition) is 3. The van der Waals surface area contributed by atoms with Crippen LogP contribution in [0.4, 0.5) is 27.6 Å². The number of anilines is 1. The molecule has 0 spiro atoms. The van der Waals surface area contributed by atoms with Crippen LogP contribution in [0.25, 0.3) is 0 Å². The molecule has 0 saturated carbocycles. The van der Waals surface area contributed by atoms with Crippen LogP contribution in [0.5, 0.6) is 0 Å². The lowest BCUT2D eigenvalue weighted by Gasteiger charge is -2.14. The molecule has 0 fully saturated rings. The van der Waals surface area contributed by atoms with Crippen LogP contribution in [0, 0.1) is 0 Å². The summed E-state index contributed by atoms with van der Waals surface area (Å²) >= 11 is 0. The van der Waals surface area contributed by atoms with Crippen molar-refractivity contribution in [2.24, 2.45) is 0 Å². The van der Waals surface area contributed by atoms with Crippen LogP contribution in [0.15, 0.2) is 18.2 Å². The van der Waals surface area contributed by atoms with Crippen molar-refractivity contribution in [3.8, 4) is 0 Å². The molecule has 8 heteroatoms. The molecule has 20 heavy (non-hydrogen) atoms. The van der Waals surface area contributed by atoms with Gasteiger partial charge in [0, 0.05) is 25.3 Å². The lowest BCUT2D eigenvalue weighted by molar-refractivity contribution is -0.138. The van der Waals surface area contributed by atoms with E-state index in [1.54, 1.807) is 0 Å². The molecule has 0 radical (unpaired) electrons. The fraction of sp³-hybridized carbons (Fsp3) is 0.500. The summed E-state index contributed by atoms with van der Waals surface area (Å²) in [6, 6.07) is 3.57. The number of hydrogen-bond acceptors (Lipinski definition) is 3. The van der Waals surface area contributed by atoms with Crippen molar-refractivity contribution >= 4 is 5.69 Å². The van der Waals surface area contributed by atoms with Crippen LogP contribution < -0.4 is 16.4 Å². The second-order valence-electron chi connectivity index (χ2n) is 4.19. The molecule has 1 aromatic carbocycles. The molecule has 0 amide bonds. The molecule has 4 N–H and O–H groups in total. The van der Waals surface area contributed by atoms with Crippen LogP contribution in [-0.4, -0.2) is 26.1 Å². The minimum Gasteiger partial charge on any atom is -0.399 e. The Morgan fingerprint density at radius 1 is 1.10 bits per heavy atom. The Morgan fingerprint density at radius 2 is 1.75 bits per heavy atom. The Morgan fingerprint density at radius 3 is 2.35 bits per heavy atom. The Bertz CT molecular complexity index is 420. The summed E-state index contributed by atoms with van der Waals surface area (Å²) in [7, 11) is 0. The first-order valence-electron chi connectivity index (χ1n) is 5.96. The number of nitrogens with one attached hydrogen (secondary N) is 2. The Labute approximate surface area is 113 Å². The summed E-state index contributed by atoms with van der Waals surface area (Å²) in [5.41, 5.74) is 4.67. The van der Waals surface area contributed by atoms with Gasteiger partial charge in [-0.15, -0.1) is 0 Å². The first kappa shape index (κ1) is 16.6. The molecule has 0 aliphatic carbocycles. The normalized spacial score (nSPS) is 12.1. The first-order chi connectivity index (χ1) is 9.30. The van der Waals surface area contributed by atoms with Crippen molar-refractivity contribution in [3.63, 3.8) is 0 Å². The fourth-order valence-electron chi connectivity index (χ4n) is 1.62. The summed E-state index contributed by atoms with van der Waals surface area (Å²) < 4.78 is 61.9. The molecule has 0 bridgehead atoms. The first-order valence-corrected chi connectivity index (χ1v) is 5.96. The lowest BCUT2D eigenvalue weighted by atomic mass is 10.1. The minimum absolute atomic E-state index is 0.00845. The number of rotatable bonds is 7. The third kappa shape index (κ3) is 5.70. The summed E-state index contributed by atoms with van der Waals surface area (Å²) in [6.07, 6.45) is -6.91. The summed E-state index contributed by atoms with van der Waals surface area (Å²) in [5, 5.41) is 5.23. The highest BCUT2D eigenvalue weighted by atomic mass is 19.4. The van der Waals surface area contributed by atoms with Crippen molar-refractivity contribution in [2.45, 2.75) is 19.1 Å². The zero-order chi connectivity index (χ0) is 15.2. The molecule has 0 aromatic heterocycles. The number of benzene rings is 1. The van der Waals surface area contributed by atoms with E-state index in [0.29, 0.717) is 0 Å². The highest BCUT2D eigenvalue weighted by Gasteiger charge is 2.33. The van der Waals surface area contributed by atoms with Crippen LogP contribution in [0.2, 0.25) is 0 Å². The van der Waals surface area contributed by atoms with E-state index in [2.05, 4.69) is 10.6 Å². The van der Waals surface area contributed by atoms with Gasteiger partial charge in [-0.25, -0.2) is 8.78 Å². The average Bonchev–Trinajstić information content (AvgIpc) is 2.33. The van der Waals surface area contributed by atoms with E-state index >= 15 is 0 Å². The van der Waals surface area contributed by atoms with E-state index in [4.69, 9.17) is 5.73 Å². The summed E-state index contributed by atoms with van der Waals surface area (Å²) in [5.74, 6) is 0. The van der Waals surface area contributed by atoms with Crippen LogP contribution in [-0.2, 0) is 12.7 Å². The maximum absolute atomic E-state index is 12.8. The van der Waals surface area contributed by atoms with E-state index < -0.39 is 24.7 Å². The third-order valence-corrected chi connectivity index (χ3v) is 2.53. The van der Waals surface area contributed by atoms with Crippen molar-refractivity contribution in [3.05, 3.63) is 29.3 Å². The van der Waals surface area contributed by atoms with Gasteiger partial charge in [0.1, 0.15) is 0 Å². The summed E-state index contributed by atoms with van der Waals surface area (Å²) in [6.45, 7) is 0.0951. The lowest BCUT2D eigenvalue weighted by Crippen LogP contribution is -2.30. The quantitative estimate of drug-likeness (QED) is 0.411. The Kier molecular flexibility index (Phi) is 6.15. The van der Waals surface area contributed by atoms with Gasteiger partial charge in [-0.1, -0.05) is 6.07 Å². The van der Waals surface area contributed by atoms with Gasteiger partial charge in [-0.3, -0.25) is 0 Å². The predicted octanol–water partition coefficient (Wildman–Crippen LogP) is 2.23. The van der Waals surface area contributed by atoms with Crippen LogP contribution >= 0.6 is 0 Å². The standard InChI is InChI=1S/C12H16F5N3/c13-11(14)7-20-4-3-19-6-8-1-2-9(18)5-10(8)12(15,16)17/h1-2,5,11,19-20H,3-4,6-7,18H2. The van der Waals surface area contributed by atoms with E-state index in [1.165, 1.54) is 12.1 Å². The van der Waals surface area contributed by atoms with Gasteiger partial charge < -0.3 is 16.4 Å². The molecule has 114 valence electrons. The Balaban J connectivity index is 2.48. The van der Waals surface area contributed by atoms with E-state index in [1.807, 2.05) is 0 Å². The molecular weight excluding hydrogens is 281 g/mol. The fourth-order valence-corrected chi connectivity index (χ4v) is 1.62. The number of alkyl halides is 5. The third-order valence-electron chi connectivity index (χ3n) is 2.53. The highest BCUT2D eigenvalue weighted by Crippen LogP contribution is 2.33. The largest absolute Gasteiger partial charge is 0.416 e. The smallest absolute Gasteiger partial charge is 0.399 e.